The van der Waals surface area contributed by atoms with Gasteiger partial charge in [-0.15, -0.1) is 11.3 Å². The molecular weight excluding hydrogens is 388 g/mol. The fourth-order valence-electron chi connectivity index (χ4n) is 3.59. The Morgan fingerprint density at radius 3 is 2.81 bits per heavy atom. The van der Waals surface area contributed by atoms with Crippen LogP contribution in [0.3, 0.4) is 0 Å². The number of esters is 1. The molecule has 1 aromatic rings. The standard InChI is InChI=1S/C18H22N2O5S2/c1-11-2-3-13-14(8-19)18(26-15(13)6-11)20-16(21)9-25-17(22)7-12-4-5-27(23,24)10-12/h11-12H,2-7,9-10H2,1H3,(H,20,21)/t11-,12+/m0/s1. The van der Waals surface area contributed by atoms with Crippen molar-refractivity contribution in [1.29, 1.82) is 5.26 Å². The molecule has 1 N–H and O–H groups in total. The van der Waals surface area contributed by atoms with Gasteiger partial charge in [-0.05, 0) is 43.1 Å². The highest BCUT2D eigenvalue weighted by Crippen LogP contribution is 2.39. The van der Waals surface area contributed by atoms with Gasteiger partial charge in [0.25, 0.3) is 5.91 Å². The highest BCUT2D eigenvalue weighted by Gasteiger charge is 2.30. The number of nitrogens with zero attached hydrogens (tertiary/aromatic N) is 1. The maximum Gasteiger partial charge on any atom is 0.306 e. The number of carbonyl (C=O) groups is 2. The van der Waals surface area contributed by atoms with Crippen LogP contribution in [0, 0.1) is 23.2 Å². The Kier molecular flexibility index (Phi) is 5.86. The van der Waals surface area contributed by atoms with Crippen LogP contribution in [0.2, 0.25) is 0 Å². The van der Waals surface area contributed by atoms with Gasteiger partial charge in [0.1, 0.15) is 11.1 Å². The molecule has 3 rings (SSSR count). The summed E-state index contributed by atoms with van der Waals surface area (Å²) in [5, 5.41) is 12.6. The molecule has 0 saturated carbocycles. The third kappa shape index (κ3) is 4.87. The van der Waals surface area contributed by atoms with E-state index in [0.29, 0.717) is 22.9 Å². The number of rotatable bonds is 5. The molecule has 7 nitrogen and oxygen atoms in total. The topological polar surface area (TPSA) is 113 Å². The Labute approximate surface area is 162 Å². The van der Waals surface area contributed by atoms with Gasteiger partial charge < -0.3 is 10.1 Å². The number of nitriles is 1. The van der Waals surface area contributed by atoms with Crippen LogP contribution in [-0.4, -0.2) is 38.4 Å². The zero-order valence-electron chi connectivity index (χ0n) is 15.1. The number of hydrogen-bond acceptors (Lipinski definition) is 7. The van der Waals surface area contributed by atoms with E-state index in [4.69, 9.17) is 4.74 Å². The average Bonchev–Trinajstić information content (AvgIpc) is 3.11. The lowest BCUT2D eigenvalue weighted by Crippen LogP contribution is -2.22. The summed E-state index contributed by atoms with van der Waals surface area (Å²) in [5.41, 5.74) is 1.54. The molecule has 146 valence electrons. The monoisotopic (exact) mass is 410 g/mol. The summed E-state index contributed by atoms with van der Waals surface area (Å²) in [6.45, 7) is 1.73. The number of hydrogen-bond donors (Lipinski definition) is 1. The molecule has 1 fully saturated rings. The lowest BCUT2D eigenvalue weighted by molar-refractivity contribution is -0.148. The summed E-state index contributed by atoms with van der Waals surface area (Å²) in [6.07, 6.45) is 3.23. The highest BCUT2D eigenvalue weighted by atomic mass is 32.2. The zero-order chi connectivity index (χ0) is 19.6. The van der Waals surface area contributed by atoms with Gasteiger partial charge in [0.05, 0.1) is 17.1 Å². The zero-order valence-corrected chi connectivity index (χ0v) is 16.7. The summed E-state index contributed by atoms with van der Waals surface area (Å²) < 4.78 is 27.8. The summed E-state index contributed by atoms with van der Waals surface area (Å²) in [6, 6.07) is 2.18. The van der Waals surface area contributed by atoms with Crippen LogP contribution in [0.25, 0.3) is 0 Å². The molecule has 0 radical (unpaired) electrons. The van der Waals surface area contributed by atoms with Gasteiger partial charge in [0, 0.05) is 11.3 Å². The molecule has 0 aromatic carbocycles. The van der Waals surface area contributed by atoms with E-state index in [2.05, 4.69) is 18.3 Å². The quantitative estimate of drug-likeness (QED) is 0.743. The molecule has 1 aliphatic heterocycles. The summed E-state index contributed by atoms with van der Waals surface area (Å²) in [5.74, 6) is -0.644. The largest absolute Gasteiger partial charge is 0.456 e. The van der Waals surface area contributed by atoms with Gasteiger partial charge >= 0.3 is 5.97 Å². The van der Waals surface area contributed by atoms with E-state index in [1.807, 2.05) is 0 Å². The molecule has 1 saturated heterocycles. The lowest BCUT2D eigenvalue weighted by atomic mass is 9.89. The Bertz CT molecular complexity index is 898. The van der Waals surface area contributed by atoms with Crippen LogP contribution in [0.1, 0.15) is 42.2 Å². The molecule has 27 heavy (non-hydrogen) atoms. The van der Waals surface area contributed by atoms with Crippen molar-refractivity contribution in [3.8, 4) is 6.07 Å². The summed E-state index contributed by atoms with van der Waals surface area (Å²) in [4.78, 5) is 25.1. The van der Waals surface area contributed by atoms with Crippen molar-refractivity contribution in [1.82, 2.24) is 0 Å². The maximum atomic E-state index is 12.1. The van der Waals surface area contributed by atoms with E-state index >= 15 is 0 Å². The van der Waals surface area contributed by atoms with Crippen molar-refractivity contribution < 1.29 is 22.7 Å². The van der Waals surface area contributed by atoms with Crippen LogP contribution in [0.5, 0.6) is 0 Å². The van der Waals surface area contributed by atoms with E-state index in [1.54, 1.807) is 0 Å². The van der Waals surface area contributed by atoms with Crippen molar-refractivity contribution in [3.05, 3.63) is 16.0 Å². The molecule has 1 amide bonds. The first kappa shape index (κ1) is 19.8. The third-order valence-corrected chi connectivity index (χ3v) is 8.03. The van der Waals surface area contributed by atoms with Crippen LogP contribution < -0.4 is 5.32 Å². The van der Waals surface area contributed by atoms with Crippen molar-refractivity contribution in [2.24, 2.45) is 11.8 Å². The number of anilines is 1. The van der Waals surface area contributed by atoms with Gasteiger partial charge in [0.2, 0.25) is 0 Å². The van der Waals surface area contributed by atoms with Crippen LogP contribution >= 0.6 is 11.3 Å². The molecule has 2 atom stereocenters. The van der Waals surface area contributed by atoms with E-state index < -0.39 is 28.3 Å². The second kappa shape index (κ2) is 7.98. The second-order valence-electron chi connectivity index (χ2n) is 7.35. The van der Waals surface area contributed by atoms with E-state index in [0.717, 1.165) is 29.7 Å². The van der Waals surface area contributed by atoms with Gasteiger partial charge in [0.15, 0.2) is 16.4 Å². The minimum Gasteiger partial charge on any atom is -0.456 e. The predicted molar refractivity (Wildman–Crippen MR) is 101 cm³/mol. The van der Waals surface area contributed by atoms with E-state index in [-0.39, 0.29) is 23.8 Å². The molecule has 2 aliphatic rings. The molecule has 9 heteroatoms. The summed E-state index contributed by atoms with van der Waals surface area (Å²) in [7, 11) is -3.04. The average molecular weight is 411 g/mol. The molecule has 0 unspecified atom stereocenters. The second-order valence-corrected chi connectivity index (χ2v) is 10.7. The molecule has 0 spiro atoms. The molecule has 0 bridgehead atoms. The smallest absolute Gasteiger partial charge is 0.306 e. The first-order valence-electron chi connectivity index (χ1n) is 8.98. The number of ether oxygens (including phenoxy) is 1. The normalized spacial score (nSPS) is 23.3. The maximum absolute atomic E-state index is 12.1. The number of sulfone groups is 1. The number of nitrogens with one attached hydrogen (secondary N) is 1. The Morgan fingerprint density at radius 2 is 2.15 bits per heavy atom. The van der Waals surface area contributed by atoms with Gasteiger partial charge in [-0.25, -0.2) is 8.42 Å². The Hall–Kier alpha value is -1.92. The fraction of sp³-hybridized carbons (Fsp3) is 0.611. The predicted octanol–water partition coefficient (Wildman–Crippen LogP) is 2.05. The third-order valence-electron chi connectivity index (χ3n) is 5.02. The Balaban J connectivity index is 1.53. The minimum atomic E-state index is -3.04. The highest BCUT2D eigenvalue weighted by molar-refractivity contribution is 7.91. The molecule has 1 aromatic heterocycles. The van der Waals surface area contributed by atoms with Gasteiger partial charge in [-0.1, -0.05) is 6.92 Å². The Morgan fingerprint density at radius 1 is 1.37 bits per heavy atom. The van der Waals surface area contributed by atoms with Crippen molar-refractivity contribution in [2.45, 2.75) is 39.0 Å². The van der Waals surface area contributed by atoms with Crippen LogP contribution in [0.15, 0.2) is 0 Å². The molecule has 2 heterocycles. The van der Waals surface area contributed by atoms with Gasteiger partial charge in [-0.2, -0.15) is 5.26 Å². The number of carbonyl (C=O) groups excluding carboxylic acids is 2. The van der Waals surface area contributed by atoms with E-state index in [9.17, 15) is 23.3 Å². The minimum absolute atomic E-state index is 0.000994. The van der Waals surface area contributed by atoms with Crippen molar-refractivity contribution in [2.75, 3.05) is 23.4 Å². The fourth-order valence-corrected chi connectivity index (χ4v) is 6.83. The number of fused-ring (bicyclic) bond motifs is 1. The summed E-state index contributed by atoms with van der Waals surface area (Å²) >= 11 is 1.42. The first-order valence-corrected chi connectivity index (χ1v) is 11.6. The SMILES string of the molecule is C[C@H]1CCc2c(sc(NC(=O)COC(=O)C[C@H]3CCS(=O)(=O)C3)c2C#N)C1. The van der Waals surface area contributed by atoms with Crippen LogP contribution in [-0.2, 0) is 37.0 Å². The van der Waals surface area contributed by atoms with Crippen LogP contribution in [0.4, 0.5) is 5.00 Å². The number of thiophene rings is 1. The lowest BCUT2D eigenvalue weighted by Gasteiger charge is -2.17. The molecular formula is C18H22N2O5S2. The first-order chi connectivity index (χ1) is 12.8. The van der Waals surface area contributed by atoms with Crippen molar-refractivity contribution in [3.63, 3.8) is 0 Å². The van der Waals surface area contributed by atoms with Crippen molar-refractivity contribution >= 4 is 38.1 Å². The number of amides is 1. The molecule has 1 aliphatic carbocycles. The van der Waals surface area contributed by atoms with E-state index in [1.165, 1.54) is 11.3 Å². The van der Waals surface area contributed by atoms with Gasteiger partial charge in [-0.3, -0.25) is 9.59 Å².